The van der Waals surface area contributed by atoms with E-state index in [-0.39, 0.29) is 18.2 Å². The van der Waals surface area contributed by atoms with Gasteiger partial charge in [-0.3, -0.25) is 14.5 Å². The molecule has 0 aliphatic rings. The second-order valence-electron chi connectivity index (χ2n) is 8.38. The molecule has 0 heterocycles. The van der Waals surface area contributed by atoms with E-state index >= 15 is 0 Å². The summed E-state index contributed by atoms with van der Waals surface area (Å²) in [5, 5.41) is 12.5. The molecule has 0 atom stereocenters. The first kappa shape index (κ1) is 24.0. The number of halogens is 1. The molecule has 0 saturated carbocycles. The number of urea groups is 1. The Morgan fingerprint density at radius 3 is 2.00 bits per heavy atom. The van der Waals surface area contributed by atoms with Crippen molar-refractivity contribution in [1.82, 2.24) is 0 Å². The highest BCUT2D eigenvalue weighted by molar-refractivity contribution is 6.33. The molecule has 3 aromatic carbocycles. The van der Waals surface area contributed by atoms with Gasteiger partial charge in [-0.1, -0.05) is 60.1 Å². The van der Waals surface area contributed by atoms with Gasteiger partial charge in [-0.05, 0) is 49.2 Å². The summed E-state index contributed by atoms with van der Waals surface area (Å²) in [6, 6.07) is 21.1. The highest BCUT2D eigenvalue weighted by atomic mass is 35.5. The fourth-order valence-corrected chi connectivity index (χ4v) is 3.48. The maximum absolute atomic E-state index is 12.5. The molecule has 0 aromatic heterocycles. The zero-order valence-corrected chi connectivity index (χ0v) is 19.4. The van der Waals surface area contributed by atoms with Crippen molar-refractivity contribution in [1.29, 1.82) is 0 Å². The zero-order valence-electron chi connectivity index (χ0n) is 18.6. The number of ketones is 1. The molecule has 0 radical (unpaired) electrons. The molecule has 2 N–H and O–H groups in total. The van der Waals surface area contributed by atoms with E-state index in [9.17, 15) is 19.5 Å². The molecule has 0 saturated heterocycles. The van der Waals surface area contributed by atoms with Gasteiger partial charge in [0.25, 0.3) is 0 Å². The lowest BCUT2D eigenvalue weighted by Crippen LogP contribution is -2.31. The van der Waals surface area contributed by atoms with E-state index in [1.807, 2.05) is 30.3 Å². The number of amides is 2. The summed E-state index contributed by atoms with van der Waals surface area (Å²) in [4.78, 5) is 37.7. The molecule has 3 rings (SSSR count). The van der Waals surface area contributed by atoms with Gasteiger partial charge in [-0.15, -0.1) is 0 Å². The molecule has 33 heavy (non-hydrogen) atoms. The molecule has 0 unspecified atom stereocenters. The van der Waals surface area contributed by atoms with E-state index in [1.165, 1.54) is 18.7 Å². The second kappa shape index (κ2) is 9.88. The first-order chi connectivity index (χ1) is 15.6. The molecular weight excluding hydrogens is 440 g/mol. The van der Waals surface area contributed by atoms with Crippen LogP contribution in [0.3, 0.4) is 0 Å². The summed E-state index contributed by atoms with van der Waals surface area (Å²) in [5.41, 5.74) is 2.41. The van der Waals surface area contributed by atoms with Gasteiger partial charge in [0, 0.05) is 24.7 Å². The van der Waals surface area contributed by atoms with Crippen LogP contribution in [0.1, 0.15) is 30.6 Å². The van der Waals surface area contributed by atoms with Crippen LogP contribution in [-0.4, -0.2) is 29.9 Å². The third-order valence-electron chi connectivity index (χ3n) is 5.38. The van der Waals surface area contributed by atoms with Crippen molar-refractivity contribution < 1.29 is 19.5 Å². The van der Waals surface area contributed by atoms with Crippen LogP contribution in [0.4, 0.5) is 16.2 Å². The predicted molar refractivity (Wildman–Crippen MR) is 131 cm³/mol. The van der Waals surface area contributed by atoms with E-state index < -0.39 is 11.4 Å². The summed E-state index contributed by atoms with van der Waals surface area (Å²) in [6.07, 6.45) is -0.0707. The summed E-state index contributed by atoms with van der Waals surface area (Å²) in [5.74, 6) is -1.22. The van der Waals surface area contributed by atoms with Crippen molar-refractivity contribution in [3.63, 3.8) is 0 Å². The Balaban J connectivity index is 1.66. The van der Waals surface area contributed by atoms with E-state index in [1.54, 1.807) is 49.5 Å². The normalized spacial score (nSPS) is 11.0. The molecule has 0 spiro atoms. The fraction of sp³-hybridized carbons (Fsp3) is 0.192. The van der Waals surface area contributed by atoms with Crippen LogP contribution in [0, 0.1) is 5.41 Å². The summed E-state index contributed by atoms with van der Waals surface area (Å²) in [6.45, 7) is 3.07. The molecule has 170 valence electrons. The third-order valence-corrected chi connectivity index (χ3v) is 5.70. The Morgan fingerprint density at radius 2 is 1.45 bits per heavy atom. The van der Waals surface area contributed by atoms with Crippen molar-refractivity contribution in [3.05, 3.63) is 83.4 Å². The number of hydrogen-bond acceptors (Lipinski definition) is 3. The molecule has 6 nitrogen and oxygen atoms in total. The van der Waals surface area contributed by atoms with Gasteiger partial charge < -0.3 is 10.4 Å². The van der Waals surface area contributed by atoms with Crippen molar-refractivity contribution in [2.45, 2.75) is 20.3 Å². The number of Topliss-reactive ketones (excluding diaryl/α,β-unsaturated/α-hetero) is 1. The molecule has 0 fully saturated rings. The number of aliphatic carboxylic acids is 1. The molecule has 0 aliphatic heterocycles. The average Bonchev–Trinajstić information content (AvgIpc) is 2.79. The summed E-state index contributed by atoms with van der Waals surface area (Å²) >= 11 is 6.16. The van der Waals surface area contributed by atoms with Gasteiger partial charge in [0.2, 0.25) is 0 Å². The highest BCUT2D eigenvalue weighted by Crippen LogP contribution is 2.27. The molecule has 0 bridgehead atoms. The van der Waals surface area contributed by atoms with Crippen molar-refractivity contribution in [2.75, 3.05) is 17.3 Å². The topological polar surface area (TPSA) is 86.7 Å². The molecule has 7 heteroatoms. The van der Waals surface area contributed by atoms with Crippen LogP contribution < -0.4 is 10.2 Å². The Hall–Kier alpha value is -3.64. The number of carbonyl (C=O) groups excluding carboxylic acids is 2. The quantitative estimate of drug-likeness (QED) is 0.398. The Labute approximate surface area is 197 Å². The van der Waals surface area contributed by atoms with Crippen LogP contribution in [-0.2, 0) is 4.79 Å². The van der Waals surface area contributed by atoms with Gasteiger partial charge >= 0.3 is 12.0 Å². The number of anilines is 2. The fourth-order valence-electron chi connectivity index (χ4n) is 3.21. The Kier molecular flexibility index (Phi) is 7.19. The number of rotatable bonds is 7. The highest BCUT2D eigenvalue weighted by Gasteiger charge is 2.30. The van der Waals surface area contributed by atoms with Gasteiger partial charge in [-0.25, -0.2) is 4.79 Å². The lowest BCUT2D eigenvalue weighted by atomic mass is 9.85. The molecular formula is C26H25ClN2O4. The van der Waals surface area contributed by atoms with Gasteiger partial charge in [0.15, 0.2) is 5.78 Å². The molecule has 3 aromatic rings. The average molecular weight is 465 g/mol. The second-order valence-corrected chi connectivity index (χ2v) is 8.79. The lowest BCUT2D eigenvalue weighted by molar-refractivity contribution is -0.146. The number of nitrogens with zero attached hydrogens (tertiary/aromatic N) is 1. The van der Waals surface area contributed by atoms with Crippen molar-refractivity contribution in [2.24, 2.45) is 5.41 Å². The first-order valence-electron chi connectivity index (χ1n) is 10.3. The summed E-state index contributed by atoms with van der Waals surface area (Å²) < 4.78 is 0. The van der Waals surface area contributed by atoms with Gasteiger partial charge in [-0.2, -0.15) is 0 Å². The van der Waals surface area contributed by atoms with E-state index in [0.717, 1.165) is 11.1 Å². The number of carboxylic acids is 1. The third kappa shape index (κ3) is 5.79. The number of carboxylic acid groups (broad SMARTS) is 1. The predicted octanol–water partition coefficient (Wildman–Crippen LogP) is 6.36. The zero-order chi connectivity index (χ0) is 24.2. The number of carbonyl (C=O) groups is 3. The number of hydrogen-bond donors (Lipinski definition) is 2. The van der Waals surface area contributed by atoms with Crippen LogP contribution >= 0.6 is 11.6 Å². The van der Waals surface area contributed by atoms with Gasteiger partial charge in [0.05, 0.1) is 16.1 Å². The Morgan fingerprint density at radius 1 is 0.909 bits per heavy atom. The maximum Gasteiger partial charge on any atom is 0.326 e. The minimum atomic E-state index is -1.12. The lowest BCUT2D eigenvalue weighted by Gasteiger charge is -2.19. The number of para-hydroxylation sites is 1. The van der Waals surface area contributed by atoms with E-state index in [0.29, 0.717) is 22.0 Å². The number of benzene rings is 3. The summed E-state index contributed by atoms with van der Waals surface area (Å²) in [7, 11) is 1.64. The minimum absolute atomic E-state index is 0.0707. The largest absolute Gasteiger partial charge is 0.481 e. The number of nitrogens with one attached hydrogen (secondary N) is 1. The van der Waals surface area contributed by atoms with Crippen LogP contribution in [0.15, 0.2) is 72.8 Å². The first-order valence-corrected chi connectivity index (χ1v) is 10.7. The monoisotopic (exact) mass is 464 g/mol. The maximum atomic E-state index is 12.5. The standard InChI is InChI=1S/C26H25ClN2O4/c1-26(2,24(31)32)16-23(30)19-10-8-17(9-11-19)18-12-14-20(15-13-18)28-25(33)29(3)22-7-5-4-6-21(22)27/h4-15H,16H2,1-3H3,(H,28,33)(H,31,32). The van der Waals surface area contributed by atoms with E-state index in [4.69, 9.17) is 11.6 Å². The van der Waals surface area contributed by atoms with Crippen LogP contribution in [0.25, 0.3) is 11.1 Å². The minimum Gasteiger partial charge on any atom is -0.481 e. The van der Waals surface area contributed by atoms with Crippen LogP contribution in [0.5, 0.6) is 0 Å². The molecule has 0 aliphatic carbocycles. The van der Waals surface area contributed by atoms with Crippen molar-refractivity contribution in [3.8, 4) is 11.1 Å². The van der Waals surface area contributed by atoms with E-state index in [2.05, 4.69) is 5.32 Å². The van der Waals surface area contributed by atoms with Gasteiger partial charge in [0.1, 0.15) is 0 Å². The Bertz CT molecular complexity index is 1170. The SMILES string of the molecule is CN(C(=O)Nc1ccc(-c2ccc(C(=O)CC(C)(C)C(=O)O)cc2)cc1)c1ccccc1Cl. The smallest absolute Gasteiger partial charge is 0.326 e. The van der Waals surface area contributed by atoms with Crippen LogP contribution in [0.2, 0.25) is 5.02 Å². The van der Waals surface area contributed by atoms with Crippen molar-refractivity contribution >= 4 is 40.8 Å². The molecule has 2 amide bonds.